The van der Waals surface area contributed by atoms with E-state index in [-0.39, 0.29) is 4.90 Å². The molecule has 6 nitrogen and oxygen atoms in total. The van der Waals surface area contributed by atoms with Crippen LogP contribution < -0.4 is 4.74 Å². The zero-order valence-corrected chi connectivity index (χ0v) is 9.79. The lowest BCUT2D eigenvalue weighted by Crippen LogP contribution is -2.40. The van der Waals surface area contributed by atoms with Crippen molar-refractivity contribution in [2.75, 3.05) is 33.4 Å². The average molecular weight is 246 g/mol. The number of ether oxygens (including phenoxy) is 2. The number of methoxy groups -OCH3 is 1. The van der Waals surface area contributed by atoms with Crippen molar-refractivity contribution >= 4 is 10.0 Å². The maximum absolute atomic E-state index is 12.2. The van der Waals surface area contributed by atoms with Crippen molar-refractivity contribution in [2.45, 2.75) is 4.90 Å². The summed E-state index contributed by atoms with van der Waals surface area (Å²) in [5, 5.41) is 0. The Morgan fingerprint density at radius 2 is 2.06 bits per heavy atom. The molecule has 0 saturated carbocycles. The predicted molar refractivity (Wildman–Crippen MR) is 56.9 cm³/mol. The Hall–Kier alpha value is -1.05. The van der Waals surface area contributed by atoms with Crippen molar-refractivity contribution in [3.05, 3.63) is 12.4 Å². The first-order chi connectivity index (χ1) is 7.66. The second-order valence-electron chi connectivity index (χ2n) is 3.40. The molecule has 0 radical (unpaired) electrons. The monoisotopic (exact) mass is 246 g/mol. The Morgan fingerprint density at radius 3 is 2.69 bits per heavy atom. The van der Waals surface area contributed by atoms with Crippen LogP contribution in [0.25, 0.3) is 0 Å². The lowest BCUT2D eigenvalue weighted by atomic mass is 10.5. The quantitative estimate of drug-likeness (QED) is 0.817. The van der Waals surface area contributed by atoms with Crippen LogP contribution in [0.15, 0.2) is 17.3 Å². The standard InChI is InChI=1S/C9H14N2O4S/c1-14-8-6-10-7-9(8)16(12,13)11-2-4-15-5-3-11/h6-7,10H,2-5H2,1H3. The van der Waals surface area contributed by atoms with Gasteiger partial charge >= 0.3 is 0 Å². The zero-order chi connectivity index (χ0) is 11.6. The summed E-state index contributed by atoms with van der Waals surface area (Å²) in [6.07, 6.45) is 2.96. The highest BCUT2D eigenvalue weighted by atomic mass is 32.2. The van der Waals surface area contributed by atoms with Crippen molar-refractivity contribution < 1.29 is 17.9 Å². The maximum atomic E-state index is 12.2. The van der Waals surface area contributed by atoms with Gasteiger partial charge in [-0.1, -0.05) is 0 Å². The summed E-state index contributed by atoms with van der Waals surface area (Å²) in [4.78, 5) is 2.91. The minimum atomic E-state index is -3.46. The lowest BCUT2D eigenvalue weighted by molar-refractivity contribution is 0.0730. The lowest BCUT2D eigenvalue weighted by Gasteiger charge is -2.25. The van der Waals surface area contributed by atoms with Crippen molar-refractivity contribution in [1.82, 2.24) is 9.29 Å². The Morgan fingerprint density at radius 1 is 1.38 bits per heavy atom. The molecule has 1 N–H and O–H groups in total. The Bertz CT molecular complexity index is 448. The third-order valence-corrected chi connectivity index (χ3v) is 4.40. The van der Waals surface area contributed by atoms with Crippen LogP contribution in [-0.2, 0) is 14.8 Å². The number of sulfonamides is 1. The number of hydrogen-bond donors (Lipinski definition) is 1. The third-order valence-electron chi connectivity index (χ3n) is 2.48. The van der Waals surface area contributed by atoms with E-state index in [1.807, 2.05) is 0 Å². The topological polar surface area (TPSA) is 71.6 Å². The predicted octanol–water partition coefficient (Wildman–Crippen LogP) is 0.0442. The molecule has 16 heavy (non-hydrogen) atoms. The third kappa shape index (κ3) is 1.93. The van der Waals surface area contributed by atoms with E-state index in [4.69, 9.17) is 9.47 Å². The van der Waals surface area contributed by atoms with Gasteiger partial charge in [0, 0.05) is 25.5 Å². The van der Waals surface area contributed by atoms with Gasteiger partial charge in [-0.05, 0) is 0 Å². The summed E-state index contributed by atoms with van der Waals surface area (Å²) < 4.78 is 35.9. The van der Waals surface area contributed by atoms with Gasteiger partial charge in [0.1, 0.15) is 4.90 Å². The van der Waals surface area contributed by atoms with E-state index in [0.717, 1.165) is 0 Å². The van der Waals surface area contributed by atoms with E-state index in [1.54, 1.807) is 0 Å². The molecule has 7 heteroatoms. The van der Waals surface area contributed by atoms with Crippen LogP contribution in [0.1, 0.15) is 0 Å². The number of nitrogens with zero attached hydrogens (tertiary/aromatic N) is 1. The van der Waals surface area contributed by atoms with Gasteiger partial charge in [0.05, 0.1) is 20.3 Å². The molecule has 1 saturated heterocycles. The summed E-state index contributed by atoms with van der Waals surface area (Å²) in [6, 6.07) is 0. The van der Waals surface area contributed by atoms with Gasteiger partial charge in [0.25, 0.3) is 0 Å². The van der Waals surface area contributed by atoms with E-state index in [1.165, 1.54) is 23.8 Å². The number of hydrogen-bond acceptors (Lipinski definition) is 4. The highest BCUT2D eigenvalue weighted by molar-refractivity contribution is 7.89. The van der Waals surface area contributed by atoms with Crippen molar-refractivity contribution in [2.24, 2.45) is 0 Å². The van der Waals surface area contributed by atoms with Crippen LogP contribution >= 0.6 is 0 Å². The number of H-pyrrole nitrogens is 1. The molecular weight excluding hydrogens is 232 g/mol. The molecule has 0 unspecified atom stereocenters. The van der Waals surface area contributed by atoms with Crippen LogP contribution in [0.3, 0.4) is 0 Å². The molecule has 1 aromatic rings. The van der Waals surface area contributed by atoms with Gasteiger partial charge in [0.15, 0.2) is 5.75 Å². The summed E-state index contributed by atoms with van der Waals surface area (Å²) >= 11 is 0. The zero-order valence-electron chi connectivity index (χ0n) is 8.97. The minimum Gasteiger partial charge on any atom is -0.494 e. The van der Waals surface area contributed by atoms with Gasteiger partial charge in [0.2, 0.25) is 10.0 Å². The van der Waals surface area contributed by atoms with Gasteiger partial charge in [-0.25, -0.2) is 8.42 Å². The summed E-state index contributed by atoms with van der Waals surface area (Å²) in [6.45, 7) is 1.64. The molecule has 90 valence electrons. The molecule has 0 spiro atoms. The molecule has 0 aliphatic carbocycles. The van der Waals surface area contributed by atoms with Gasteiger partial charge in [-0.3, -0.25) is 0 Å². The first kappa shape index (κ1) is 11.4. The van der Waals surface area contributed by atoms with Crippen LogP contribution in [0.2, 0.25) is 0 Å². The molecule has 0 amide bonds. The van der Waals surface area contributed by atoms with Crippen LogP contribution in [0.4, 0.5) is 0 Å². The molecule has 0 bridgehead atoms. The fourth-order valence-corrected chi connectivity index (χ4v) is 3.14. The second kappa shape index (κ2) is 4.44. The van der Waals surface area contributed by atoms with E-state index in [2.05, 4.69) is 4.98 Å². The highest BCUT2D eigenvalue weighted by Crippen LogP contribution is 2.26. The Balaban J connectivity index is 2.30. The number of rotatable bonds is 3. The molecule has 1 aromatic heterocycles. The maximum Gasteiger partial charge on any atom is 0.248 e. The Labute approximate surface area is 94.2 Å². The normalized spacial score (nSPS) is 18.6. The molecule has 1 aliphatic rings. The molecule has 1 fully saturated rings. The van der Waals surface area contributed by atoms with Crippen molar-refractivity contribution in [3.63, 3.8) is 0 Å². The smallest absolute Gasteiger partial charge is 0.248 e. The first-order valence-electron chi connectivity index (χ1n) is 4.95. The van der Waals surface area contributed by atoms with E-state index in [9.17, 15) is 8.42 Å². The largest absolute Gasteiger partial charge is 0.494 e. The number of aromatic nitrogens is 1. The molecule has 2 rings (SSSR count). The number of morpholine rings is 1. The number of nitrogens with one attached hydrogen (secondary N) is 1. The van der Waals surface area contributed by atoms with Crippen LogP contribution in [-0.4, -0.2) is 51.1 Å². The average Bonchev–Trinajstić information content (AvgIpc) is 2.79. The molecular formula is C9H14N2O4S. The van der Waals surface area contributed by atoms with Crippen LogP contribution in [0.5, 0.6) is 5.75 Å². The minimum absolute atomic E-state index is 0.178. The summed E-state index contributed by atoms with van der Waals surface area (Å²) in [5.41, 5.74) is 0. The van der Waals surface area contributed by atoms with E-state index in [0.29, 0.717) is 32.1 Å². The Kier molecular flexibility index (Phi) is 3.17. The van der Waals surface area contributed by atoms with Gasteiger partial charge in [-0.2, -0.15) is 4.31 Å². The summed E-state index contributed by atoms with van der Waals surface area (Å²) in [7, 11) is -2.02. The molecule has 2 heterocycles. The summed E-state index contributed by atoms with van der Waals surface area (Å²) in [5.74, 6) is 0.339. The SMILES string of the molecule is COc1c[nH]cc1S(=O)(=O)N1CCOCC1. The molecule has 1 aliphatic heterocycles. The molecule has 0 aromatic carbocycles. The van der Waals surface area contributed by atoms with E-state index >= 15 is 0 Å². The van der Waals surface area contributed by atoms with Gasteiger partial charge < -0.3 is 14.5 Å². The fourth-order valence-electron chi connectivity index (χ4n) is 1.62. The van der Waals surface area contributed by atoms with Crippen molar-refractivity contribution in [3.8, 4) is 5.75 Å². The van der Waals surface area contributed by atoms with Gasteiger partial charge in [-0.15, -0.1) is 0 Å². The molecule has 0 atom stereocenters. The van der Waals surface area contributed by atoms with Crippen molar-refractivity contribution in [1.29, 1.82) is 0 Å². The highest BCUT2D eigenvalue weighted by Gasteiger charge is 2.29. The second-order valence-corrected chi connectivity index (χ2v) is 5.31. The van der Waals surface area contributed by atoms with Crippen LogP contribution in [0, 0.1) is 0 Å². The number of aromatic amines is 1. The van der Waals surface area contributed by atoms with E-state index < -0.39 is 10.0 Å². The fraction of sp³-hybridized carbons (Fsp3) is 0.556. The first-order valence-corrected chi connectivity index (χ1v) is 6.39.